The largest absolute Gasteiger partial charge is 0.505 e. The number of nitrogens with zero attached hydrogens (tertiary/aromatic N) is 4. The van der Waals surface area contributed by atoms with Crippen molar-refractivity contribution in [3.8, 4) is 5.75 Å². The number of aromatic nitrogens is 4. The number of rotatable bonds is 5. The van der Waals surface area contributed by atoms with Crippen molar-refractivity contribution in [3.05, 3.63) is 35.7 Å². The van der Waals surface area contributed by atoms with Crippen LogP contribution in [0.5, 0.6) is 5.75 Å². The number of aromatic hydroxyl groups is 1. The number of hydrogen-bond acceptors (Lipinski definition) is 6. The first kappa shape index (κ1) is 17.8. The second-order valence-corrected chi connectivity index (χ2v) is 6.60. The summed E-state index contributed by atoms with van der Waals surface area (Å²) in [4.78, 5) is 27.9. The van der Waals surface area contributed by atoms with Crippen molar-refractivity contribution >= 4 is 11.8 Å². The SMILES string of the molecule is CC(C)c1nnc2n1C[C@@H](NC(=O)CNC(=O)c1ncccc1O)CC2. The lowest BCUT2D eigenvalue weighted by Gasteiger charge is -2.26. The summed E-state index contributed by atoms with van der Waals surface area (Å²) in [6, 6.07) is 2.85. The number of pyridine rings is 1. The Hall–Kier alpha value is -2.97. The molecule has 9 heteroatoms. The van der Waals surface area contributed by atoms with Crippen molar-refractivity contribution < 1.29 is 14.7 Å². The number of fused-ring (bicyclic) bond motifs is 1. The summed E-state index contributed by atoms with van der Waals surface area (Å²) in [5, 5.41) is 23.4. The Morgan fingerprint density at radius 3 is 2.92 bits per heavy atom. The van der Waals surface area contributed by atoms with E-state index in [0.717, 1.165) is 24.5 Å². The van der Waals surface area contributed by atoms with E-state index in [2.05, 4.69) is 44.2 Å². The standard InChI is InChI=1S/C17H22N6O3/c1-10(2)16-22-21-13-6-5-11(9-23(13)16)20-14(25)8-19-17(26)15-12(24)4-3-7-18-15/h3-4,7,10-11,24H,5-6,8-9H2,1-2H3,(H,19,26)(H,20,25)/t11-/m0/s1. The van der Waals surface area contributed by atoms with Gasteiger partial charge in [-0.15, -0.1) is 10.2 Å². The summed E-state index contributed by atoms with van der Waals surface area (Å²) in [7, 11) is 0. The van der Waals surface area contributed by atoms with Crippen LogP contribution in [0.1, 0.15) is 48.3 Å². The van der Waals surface area contributed by atoms with E-state index in [0.29, 0.717) is 6.54 Å². The second kappa shape index (κ2) is 7.51. The highest BCUT2D eigenvalue weighted by atomic mass is 16.3. The molecule has 2 amide bonds. The van der Waals surface area contributed by atoms with Crippen LogP contribution in [0.25, 0.3) is 0 Å². The molecule has 2 aromatic rings. The van der Waals surface area contributed by atoms with Crippen LogP contribution in [0.3, 0.4) is 0 Å². The molecule has 3 rings (SSSR count). The van der Waals surface area contributed by atoms with E-state index >= 15 is 0 Å². The third kappa shape index (κ3) is 3.81. The Labute approximate surface area is 150 Å². The molecule has 138 valence electrons. The molecule has 26 heavy (non-hydrogen) atoms. The first-order valence-corrected chi connectivity index (χ1v) is 8.59. The molecule has 3 N–H and O–H groups in total. The highest BCUT2D eigenvalue weighted by Crippen LogP contribution is 2.20. The molecule has 9 nitrogen and oxygen atoms in total. The molecule has 0 aliphatic carbocycles. The molecule has 0 fully saturated rings. The average Bonchev–Trinajstić information content (AvgIpc) is 3.03. The minimum atomic E-state index is -0.593. The fourth-order valence-corrected chi connectivity index (χ4v) is 2.99. The first-order chi connectivity index (χ1) is 12.5. The molecule has 0 radical (unpaired) electrons. The molecular formula is C17H22N6O3. The first-order valence-electron chi connectivity index (χ1n) is 8.59. The molecular weight excluding hydrogens is 336 g/mol. The fraction of sp³-hybridized carbons (Fsp3) is 0.471. The minimum Gasteiger partial charge on any atom is -0.505 e. The van der Waals surface area contributed by atoms with Gasteiger partial charge in [0.05, 0.1) is 6.54 Å². The third-order valence-corrected chi connectivity index (χ3v) is 4.27. The Morgan fingerprint density at radius 1 is 1.38 bits per heavy atom. The quantitative estimate of drug-likeness (QED) is 0.709. The number of carbonyl (C=O) groups is 2. The minimum absolute atomic E-state index is 0.0383. The fourth-order valence-electron chi connectivity index (χ4n) is 2.99. The van der Waals surface area contributed by atoms with Crippen LogP contribution in [0.15, 0.2) is 18.3 Å². The number of aryl methyl sites for hydroxylation is 1. The van der Waals surface area contributed by atoms with Gasteiger partial charge < -0.3 is 20.3 Å². The molecule has 0 saturated carbocycles. The van der Waals surface area contributed by atoms with Crippen molar-refractivity contribution in [2.45, 2.75) is 45.2 Å². The summed E-state index contributed by atoms with van der Waals surface area (Å²) in [5.41, 5.74) is -0.103. The van der Waals surface area contributed by atoms with Crippen LogP contribution >= 0.6 is 0 Å². The van der Waals surface area contributed by atoms with Crippen LogP contribution in [0.2, 0.25) is 0 Å². The summed E-state index contributed by atoms with van der Waals surface area (Å²) < 4.78 is 2.06. The molecule has 1 aliphatic heterocycles. The number of carbonyl (C=O) groups excluding carboxylic acids is 2. The second-order valence-electron chi connectivity index (χ2n) is 6.60. The van der Waals surface area contributed by atoms with E-state index in [1.165, 1.54) is 18.3 Å². The predicted octanol–water partition coefficient (Wildman–Crippen LogP) is 0.363. The monoisotopic (exact) mass is 358 g/mol. The van der Waals surface area contributed by atoms with E-state index in [1.54, 1.807) is 0 Å². The van der Waals surface area contributed by atoms with E-state index in [9.17, 15) is 14.7 Å². The lowest BCUT2D eigenvalue weighted by atomic mass is 10.1. The van der Waals surface area contributed by atoms with Gasteiger partial charge >= 0.3 is 0 Å². The van der Waals surface area contributed by atoms with Gasteiger partial charge in [-0.2, -0.15) is 0 Å². The zero-order chi connectivity index (χ0) is 18.7. The van der Waals surface area contributed by atoms with Gasteiger partial charge in [0.15, 0.2) is 5.69 Å². The lowest BCUT2D eigenvalue weighted by molar-refractivity contribution is -0.121. The maximum atomic E-state index is 12.2. The van der Waals surface area contributed by atoms with Gasteiger partial charge in [-0.1, -0.05) is 13.8 Å². The van der Waals surface area contributed by atoms with Gasteiger partial charge in [0.2, 0.25) is 5.91 Å². The molecule has 3 heterocycles. The maximum absolute atomic E-state index is 12.2. The van der Waals surface area contributed by atoms with Crippen LogP contribution in [0, 0.1) is 0 Å². The molecule has 0 bridgehead atoms. The van der Waals surface area contributed by atoms with Gasteiger partial charge in [-0.3, -0.25) is 9.59 Å². The van der Waals surface area contributed by atoms with Crippen LogP contribution < -0.4 is 10.6 Å². The molecule has 0 saturated heterocycles. The molecule has 1 atom stereocenters. The normalized spacial score (nSPS) is 16.2. The average molecular weight is 358 g/mol. The molecule has 0 unspecified atom stereocenters. The van der Waals surface area contributed by atoms with E-state index < -0.39 is 5.91 Å². The van der Waals surface area contributed by atoms with Crippen LogP contribution in [-0.4, -0.2) is 49.3 Å². The third-order valence-electron chi connectivity index (χ3n) is 4.27. The van der Waals surface area contributed by atoms with Gasteiger partial charge in [0.1, 0.15) is 17.4 Å². The van der Waals surface area contributed by atoms with Gasteiger partial charge in [0.25, 0.3) is 5.91 Å². The Morgan fingerprint density at radius 2 is 2.19 bits per heavy atom. The van der Waals surface area contributed by atoms with Crippen molar-refractivity contribution in [2.24, 2.45) is 0 Å². The van der Waals surface area contributed by atoms with Crippen molar-refractivity contribution in [1.29, 1.82) is 0 Å². The Kier molecular flexibility index (Phi) is 5.15. The number of nitrogens with one attached hydrogen (secondary N) is 2. The Bertz CT molecular complexity index is 817. The van der Waals surface area contributed by atoms with E-state index in [1.807, 2.05) is 0 Å². The Balaban J connectivity index is 1.53. The smallest absolute Gasteiger partial charge is 0.274 e. The highest BCUT2D eigenvalue weighted by molar-refractivity contribution is 5.96. The topological polar surface area (TPSA) is 122 Å². The van der Waals surface area contributed by atoms with Crippen LogP contribution in [-0.2, 0) is 17.8 Å². The van der Waals surface area contributed by atoms with Gasteiger partial charge in [-0.25, -0.2) is 4.98 Å². The highest BCUT2D eigenvalue weighted by Gasteiger charge is 2.25. The van der Waals surface area contributed by atoms with Crippen molar-refractivity contribution in [1.82, 2.24) is 30.4 Å². The zero-order valence-corrected chi connectivity index (χ0v) is 14.8. The maximum Gasteiger partial charge on any atom is 0.274 e. The van der Waals surface area contributed by atoms with E-state index in [-0.39, 0.29) is 35.9 Å². The molecule has 2 aromatic heterocycles. The summed E-state index contributed by atoms with van der Waals surface area (Å²) in [5.74, 6) is 1.01. The van der Waals surface area contributed by atoms with Crippen molar-refractivity contribution in [3.63, 3.8) is 0 Å². The summed E-state index contributed by atoms with van der Waals surface area (Å²) in [6.45, 7) is 4.55. The molecule has 0 aromatic carbocycles. The van der Waals surface area contributed by atoms with Gasteiger partial charge in [-0.05, 0) is 18.6 Å². The number of hydrogen-bond donors (Lipinski definition) is 3. The molecule has 0 spiro atoms. The van der Waals surface area contributed by atoms with Crippen molar-refractivity contribution in [2.75, 3.05) is 6.54 Å². The lowest BCUT2D eigenvalue weighted by Crippen LogP contribution is -2.45. The number of amides is 2. The van der Waals surface area contributed by atoms with Gasteiger partial charge in [0, 0.05) is 31.1 Å². The summed E-state index contributed by atoms with van der Waals surface area (Å²) in [6.07, 6.45) is 2.93. The predicted molar refractivity (Wildman–Crippen MR) is 92.6 cm³/mol. The molecule has 1 aliphatic rings. The summed E-state index contributed by atoms with van der Waals surface area (Å²) >= 11 is 0. The zero-order valence-electron chi connectivity index (χ0n) is 14.8. The van der Waals surface area contributed by atoms with Crippen LogP contribution in [0.4, 0.5) is 0 Å². The van der Waals surface area contributed by atoms with E-state index in [4.69, 9.17) is 0 Å².